The number of sulfone groups is 1. The normalized spacial score (nSPS) is 24.0. The molecule has 2 saturated heterocycles. The van der Waals surface area contributed by atoms with E-state index in [9.17, 15) is 13.2 Å². The summed E-state index contributed by atoms with van der Waals surface area (Å²) in [7, 11) is -2.91. The van der Waals surface area contributed by atoms with Crippen molar-refractivity contribution in [3.05, 3.63) is 29.8 Å². The van der Waals surface area contributed by atoms with Crippen LogP contribution >= 0.6 is 0 Å². The summed E-state index contributed by atoms with van der Waals surface area (Å²) >= 11 is 0. The Morgan fingerprint density at radius 2 is 1.96 bits per heavy atom. The summed E-state index contributed by atoms with van der Waals surface area (Å²) < 4.78 is 23.1. The molecule has 5 nitrogen and oxygen atoms in total. The third-order valence-corrected chi connectivity index (χ3v) is 6.93. The van der Waals surface area contributed by atoms with Crippen LogP contribution in [0.1, 0.15) is 24.8 Å². The highest BCUT2D eigenvalue weighted by Crippen LogP contribution is 2.24. The summed E-state index contributed by atoms with van der Waals surface area (Å²) in [6, 6.07) is 8.35. The summed E-state index contributed by atoms with van der Waals surface area (Å²) in [4.78, 5) is 16.8. The Kier molecular flexibility index (Phi) is 5.13. The van der Waals surface area contributed by atoms with Gasteiger partial charge in [0.05, 0.1) is 11.5 Å². The first kappa shape index (κ1) is 17.3. The number of hydrogen-bond donors (Lipinski definition) is 0. The number of para-hydroxylation sites is 1. The van der Waals surface area contributed by atoms with E-state index in [0.717, 1.165) is 26.1 Å². The number of amides is 1. The Labute approximate surface area is 144 Å². The smallest absolute Gasteiger partial charge is 0.222 e. The summed E-state index contributed by atoms with van der Waals surface area (Å²) in [6.45, 7) is 5.38. The van der Waals surface area contributed by atoms with E-state index in [4.69, 9.17) is 0 Å². The van der Waals surface area contributed by atoms with Crippen LogP contribution in [0.25, 0.3) is 0 Å². The molecule has 2 fully saturated rings. The first-order valence-electron chi connectivity index (χ1n) is 8.73. The number of aryl methyl sites for hydroxylation is 1. The van der Waals surface area contributed by atoms with Crippen molar-refractivity contribution in [2.75, 3.05) is 42.6 Å². The standard InChI is InChI=1S/C18H26N2O3S/c1-15-5-2-3-6-17(15)19-8-4-9-20(11-10-19)18(21)13-16-7-12-24(22,23)14-16/h2-3,5-6,16H,4,7-14H2,1H3/t16-/m1/s1. The van der Waals surface area contributed by atoms with Crippen LogP contribution in [0.3, 0.4) is 0 Å². The zero-order valence-electron chi connectivity index (χ0n) is 14.3. The van der Waals surface area contributed by atoms with Crippen molar-refractivity contribution in [2.45, 2.75) is 26.2 Å². The van der Waals surface area contributed by atoms with Crippen molar-refractivity contribution < 1.29 is 13.2 Å². The van der Waals surface area contributed by atoms with Crippen LogP contribution in [0, 0.1) is 12.8 Å². The maximum atomic E-state index is 12.5. The van der Waals surface area contributed by atoms with Crippen molar-refractivity contribution in [3.63, 3.8) is 0 Å². The molecule has 1 amide bonds. The quantitative estimate of drug-likeness (QED) is 0.835. The highest BCUT2D eigenvalue weighted by molar-refractivity contribution is 7.91. The zero-order chi connectivity index (χ0) is 17.2. The lowest BCUT2D eigenvalue weighted by Gasteiger charge is -2.25. The van der Waals surface area contributed by atoms with Crippen molar-refractivity contribution in [2.24, 2.45) is 5.92 Å². The van der Waals surface area contributed by atoms with Gasteiger partial charge in [0.2, 0.25) is 5.91 Å². The molecule has 1 aromatic carbocycles. The molecule has 24 heavy (non-hydrogen) atoms. The Bertz CT molecular complexity index is 702. The molecule has 1 aromatic rings. The topological polar surface area (TPSA) is 57.7 Å². The number of rotatable bonds is 3. The molecule has 0 saturated carbocycles. The molecule has 0 bridgehead atoms. The molecule has 6 heteroatoms. The number of benzene rings is 1. The second-order valence-corrected chi connectivity index (χ2v) is 9.21. The van der Waals surface area contributed by atoms with Crippen molar-refractivity contribution in [1.29, 1.82) is 0 Å². The van der Waals surface area contributed by atoms with Gasteiger partial charge in [0.25, 0.3) is 0 Å². The highest BCUT2D eigenvalue weighted by Gasteiger charge is 2.31. The second kappa shape index (κ2) is 7.13. The maximum Gasteiger partial charge on any atom is 0.222 e. The van der Waals surface area contributed by atoms with Crippen LogP contribution in [0.15, 0.2) is 24.3 Å². The van der Waals surface area contributed by atoms with Crippen LogP contribution in [0.2, 0.25) is 0 Å². The van der Waals surface area contributed by atoms with Gasteiger partial charge in [-0.15, -0.1) is 0 Å². The maximum absolute atomic E-state index is 12.5. The van der Waals surface area contributed by atoms with E-state index < -0.39 is 9.84 Å². The van der Waals surface area contributed by atoms with E-state index in [0.29, 0.717) is 19.4 Å². The van der Waals surface area contributed by atoms with Gasteiger partial charge in [0.15, 0.2) is 9.84 Å². The second-order valence-electron chi connectivity index (χ2n) is 6.98. The predicted molar refractivity (Wildman–Crippen MR) is 96.0 cm³/mol. The molecule has 0 aliphatic carbocycles. The van der Waals surface area contributed by atoms with Crippen molar-refractivity contribution >= 4 is 21.4 Å². The van der Waals surface area contributed by atoms with Crippen LogP contribution in [0.4, 0.5) is 5.69 Å². The summed E-state index contributed by atoms with van der Waals surface area (Å²) in [5.74, 6) is 0.551. The number of nitrogens with zero attached hydrogens (tertiary/aromatic N) is 2. The predicted octanol–water partition coefficient (Wildman–Crippen LogP) is 1.86. The number of anilines is 1. The lowest BCUT2D eigenvalue weighted by molar-refractivity contribution is -0.131. The SMILES string of the molecule is Cc1ccccc1N1CCCN(C(=O)C[C@H]2CCS(=O)(=O)C2)CC1. The number of hydrogen-bond acceptors (Lipinski definition) is 4. The summed E-state index contributed by atoms with van der Waals surface area (Å²) in [6.07, 6.45) is 1.96. The first-order valence-corrected chi connectivity index (χ1v) is 10.6. The molecular formula is C18H26N2O3S. The van der Waals surface area contributed by atoms with Gasteiger partial charge in [-0.25, -0.2) is 8.42 Å². The number of carbonyl (C=O) groups excluding carboxylic acids is 1. The molecule has 2 aliphatic rings. The van der Waals surface area contributed by atoms with Gasteiger partial charge in [-0.05, 0) is 37.3 Å². The average Bonchev–Trinajstić information content (AvgIpc) is 2.75. The van der Waals surface area contributed by atoms with Gasteiger partial charge in [-0.3, -0.25) is 4.79 Å². The largest absolute Gasteiger partial charge is 0.369 e. The van der Waals surface area contributed by atoms with Crippen LogP contribution in [0.5, 0.6) is 0 Å². The van der Waals surface area contributed by atoms with E-state index >= 15 is 0 Å². The highest BCUT2D eigenvalue weighted by atomic mass is 32.2. The Balaban J connectivity index is 1.57. The minimum Gasteiger partial charge on any atom is -0.369 e. The average molecular weight is 350 g/mol. The fourth-order valence-electron chi connectivity index (χ4n) is 3.74. The Morgan fingerprint density at radius 3 is 2.67 bits per heavy atom. The lowest BCUT2D eigenvalue weighted by Crippen LogP contribution is -2.36. The Morgan fingerprint density at radius 1 is 1.17 bits per heavy atom. The van der Waals surface area contributed by atoms with Gasteiger partial charge in [-0.2, -0.15) is 0 Å². The fraction of sp³-hybridized carbons (Fsp3) is 0.611. The first-order chi connectivity index (χ1) is 11.4. The van der Waals surface area contributed by atoms with Crippen LogP contribution in [-0.2, 0) is 14.6 Å². The molecule has 0 spiro atoms. The van der Waals surface area contributed by atoms with E-state index in [-0.39, 0.29) is 23.3 Å². The summed E-state index contributed by atoms with van der Waals surface area (Å²) in [5, 5.41) is 0. The van der Waals surface area contributed by atoms with E-state index in [1.54, 1.807) is 0 Å². The Hall–Kier alpha value is -1.56. The molecule has 0 N–H and O–H groups in total. The van der Waals surface area contributed by atoms with Crippen LogP contribution in [-0.4, -0.2) is 56.9 Å². The minimum absolute atomic E-state index is 0.0122. The number of carbonyl (C=O) groups is 1. The van der Waals surface area contributed by atoms with E-state index in [1.807, 2.05) is 11.0 Å². The van der Waals surface area contributed by atoms with Crippen molar-refractivity contribution in [3.8, 4) is 0 Å². The lowest BCUT2D eigenvalue weighted by atomic mass is 10.0. The molecule has 0 radical (unpaired) electrons. The molecule has 2 aliphatic heterocycles. The van der Waals surface area contributed by atoms with Gasteiger partial charge >= 0.3 is 0 Å². The van der Waals surface area contributed by atoms with Crippen molar-refractivity contribution in [1.82, 2.24) is 4.90 Å². The monoisotopic (exact) mass is 350 g/mol. The third-order valence-electron chi connectivity index (χ3n) is 5.09. The van der Waals surface area contributed by atoms with E-state index in [1.165, 1.54) is 11.3 Å². The van der Waals surface area contributed by atoms with Gasteiger partial charge < -0.3 is 9.80 Å². The molecule has 3 rings (SSSR count). The molecular weight excluding hydrogens is 324 g/mol. The molecule has 0 unspecified atom stereocenters. The van der Waals surface area contributed by atoms with Gasteiger partial charge in [-0.1, -0.05) is 18.2 Å². The molecule has 2 heterocycles. The molecule has 1 atom stereocenters. The minimum atomic E-state index is -2.91. The fourth-order valence-corrected chi connectivity index (χ4v) is 5.60. The van der Waals surface area contributed by atoms with Gasteiger partial charge in [0.1, 0.15) is 0 Å². The third kappa shape index (κ3) is 4.09. The molecule has 0 aromatic heterocycles. The van der Waals surface area contributed by atoms with E-state index in [2.05, 4.69) is 30.0 Å². The van der Waals surface area contributed by atoms with Crippen LogP contribution < -0.4 is 4.90 Å². The summed E-state index contributed by atoms with van der Waals surface area (Å²) in [5.41, 5.74) is 2.50. The van der Waals surface area contributed by atoms with Gasteiger partial charge in [0, 0.05) is 38.3 Å². The zero-order valence-corrected chi connectivity index (χ0v) is 15.1. The molecule has 132 valence electrons.